The Morgan fingerprint density at radius 3 is 2.52 bits per heavy atom. The number of alkyl carbamates (subject to hydrolysis) is 1. The molecular formula is C38H44F3N7O6. The normalized spacial score (nSPS) is 19.9. The van der Waals surface area contributed by atoms with Crippen molar-refractivity contribution < 1.29 is 41.8 Å². The summed E-state index contributed by atoms with van der Waals surface area (Å²) in [4.78, 5) is 57.9. The molecule has 5 amide bonds. The van der Waals surface area contributed by atoms with Crippen molar-refractivity contribution in [1.29, 1.82) is 0 Å². The lowest BCUT2D eigenvalue weighted by Crippen LogP contribution is -2.52. The summed E-state index contributed by atoms with van der Waals surface area (Å²) in [5.41, 5.74) is 1.06. The van der Waals surface area contributed by atoms with Gasteiger partial charge in [-0.15, -0.1) is 0 Å². The standard InChI is InChI=1S/C38H44F3N7O6/c1-24(23-54-38(52)43-13-14-47-33(49)9-10-34(47)50)44-37(51)48(21-27-18-42-19-31(27)41)35(26-11-15-53-16-12-26)36-45-32(29-17-28(39)7-8-30(29)40)22-46(36)20-25-5-3-2-4-6-25/h2-10,17,22,24,26-27,31,35,42H,11-16,18-21,23H2,1H3,(H,43,52)(H,44,51)/t24-,27-,31-,35+/m0/s1. The third kappa shape index (κ3) is 9.46. The van der Waals surface area contributed by atoms with Crippen molar-refractivity contribution >= 4 is 23.9 Å². The molecule has 3 aliphatic heterocycles. The molecular weight excluding hydrogens is 707 g/mol. The molecule has 3 N–H and O–H groups in total. The number of amides is 5. The Hall–Kier alpha value is -5.22. The Bertz CT molecular complexity index is 1820. The van der Waals surface area contributed by atoms with E-state index in [1.807, 2.05) is 34.9 Å². The van der Waals surface area contributed by atoms with Crippen molar-refractivity contribution in [1.82, 2.24) is 35.3 Å². The number of carbonyl (C=O) groups is 4. The first kappa shape index (κ1) is 38.5. The molecule has 13 nitrogen and oxygen atoms in total. The monoisotopic (exact) mass is 751 g/mol. The van der Waals surface area contributed by atoms with Crippen LogP contribution in [0.1, 0.15) is 37.2 Å². The highest BCUT2D eigenvalue weighted by Crippen LogP contribution is 2.38. The molecule has 0 spiro atoms. The molecule has 0 bridgehead atoms. The zero-order chi connectivity index (χ0) is 38.2. The fourth-order valence-corrected chi connectivity index (χ4v) is 7.00. The van der Waals surface area contributed by atoms with Gasteiger partial charge in [-0.3, -0.25) is 14.5 Å². The van der Waals surface area contributed by atoms with Crippen molar-refractivity contribution in [3.63, 3.8) is 0 Å². The van der Waals surface area contributed by atoms with Gasteiger partial charge in [0.05, 0.1) is 17.8 Å². The molecule has 2 fully saturated rings. The molecule has 0 saturated carbocycles. The lowest BCUT2D eigenvalue weighted by molar-refractivity contribution is -0.136. The minimum atomic E-state index is -1.22. The van der Waals surface area contributed by atoms with Crippen molar-refractivity contribution in [3.8, 4) is 11.3 Å². The number of hydrogen-bond acceptors (Lipinski definition) is 8. The van der Waals surface area contributed by atoms with Gasteiger partial charge in [0, 0.05) is 82.3 Å². The highest BCUT2D eigenvalue weighted by atomic mass is 19.1. The van der Waals surface area contributed by atoms with Crippen molar-refractivity contribution in [3.05, 3.63) is 89.9 Å². The molecule has 4 atom stereocenters. The van der Waals surface area contributed by atoms with Crippen molar-refractivity contribution in [2.75, 3.05) is 52.5 Å². The van der Waals surface area contributed by atoms with Gasteiger partial charge >= 0.3 is 12.1 Å². The Balaban J connectivity index is 1.27. The van der Waals surface area contributed by atoms with Gasteiger partial charge in [0.25, 0.3) is 11.8 Å². The van der Waals surface area contributed by atoms with E-state index in [9.17, 15) is 23.6 Å². The van der Waals surface area contributed by atoms with E-state index in [4.69, 9.17) is 14.5 Å². The van der Waals surface area contributed by atoms with Crippen LogP contribution in [-0.4, -0.2) is 108 Å². The summed E-state index contributed by atoms with van der Waals surface area (Å²) < 4.78 is 57.7. The number of urea groups is 1. The van der Waals surface area contributed by atoms with Gasteiger partial charge < -0.3 is 34.9 Å². The lowest BCUT2D eigenvalue weighted by atomic mass is 9.89. The van der Waals surface area contributed by atoms with Crippen LogP contribution < -0.4 is 16.0 Å². The predicted molar refractivity (Wildman–Crippen MR) is 191 cm³/mol. The number of rotatable bonds is 14. The number of ether oxygens (including phenoxy) is 2. The van der Waals surface area contributed by atoms with E-state index in [2.05, 4.69) is 16.0 Å². The van der Waals surface area contributed by atoms with Gasteiger partial charge in [-0.25, -0.2) is 27.7 Å². The maximum absolute atomic E-state index is 15.3. The highest BCUT2D eigenvalue weighted by molar-refractivity contribution is 6.12. The number of carbonyl (C=O) groups excluding carboxylic acids is 4. The van der Waals surface area contributed by atoms with Crippen LogP contribution in [0.2, 0.25) is 0 Å². The first-order valence-corrected chi connectivity index (χ1v) is 18.1. The van der Waals surface area contributed by atoms with E-state index in [1.165, 1.54) is 0 Å². The topological polar surface area (TPSA) is 147 Å². The van der Waals surface area contributed by atoms with E-state index in [-0.39, 0.29) is 50.0 Å². The number of imidazole rings is 1. The number of nitrogens with one attached hydrogen (secondary N) is 3. The first-order valence-electron chi connectivity index (χ1n) is 18.1. The van der Waals surface area contributed by atoms with Gasteiger partial charge in [-0.05, 0) is 49.4 Å². The highest BCUT2D eigenvalue weighted by Gasteiger charge is 2.40. The van der Waals surface area contributed by atoms with Crippen LogP contribution in [-0.2, 0) is 25.6 Å². The zero-order valence-electron chi connectivity index (χ0n) is 29.9. The SMILES string of the molecule is C[C@@H](COC(=O)NCCN1C(=O)C=CC1=O)NC(=O)N(C[C@@H]1CNC[C@@H]1F)[C@@H](c1nc(-c2cc(F)ccc2F)cn1Cc1ccccc1)C1CCOCC1. The van der Waals surface area contributed by atoms with Crippen LogP contribution in [0.25, 0.3) is 11.3 Å². The molecule has 3 aliphatic rings. The summed E-state index contributed by atoms with van der Waals surface area (Å²) in [5.74, 6) is -2.54. The number of alkyl halides is 1. The Kier molecular flexibility index (Phi) is 12.6. The molecule has 0 radical (unpaired) electrons. The van der Waals surface area contributed by atoms with Crippen LogP contribution in [0.15, 0.2) is 66.9 Å². The van der Waals surface area contributed by atoms with Crippen molar-refractivity contribution in [2.45, 2.75) is 44.6 Å². The molecule has 3 aromatic rings. The smallest absolute Gasteiger partial charge is 0.407 e. The first-order chi connectivity index (χ1) is 26.1. The van der Waals surface area contributed by atoms with E-state index in [1.54, 1.807) is 18.0 Å². The largest absolute Gasteiger partial charge is 0.447 e. The number of nitrogens with zero attached hydrogens (tertiary/aromatic N) is 4. The van der Waals surface area contributed by atoms with E-state index in [0.717, 1.165) is 40.8 Å². The second kappa shape index (κ2) is 17.7. The second-order valence-corrected chi connectivity index (χ2v) is 13.7. The summed E-state index contributed by atoms with van der Waals surface area (Å²) >= 11 is 0. The molecule has 2 aromatic carbocycles. The van der Waals surface area contributed by atoms with Gasteiger partial charge in [0.15, 0.2) is 0 Å². The quantitative estimate of drug-likeness (QED) is 0.210. The Morgan fingerprint density at radius 1 is 1.07 bits per heavy atom. The number of benzene rings is 2. The van der Waals surface area contributed by atoms with Gasteiger partial charge in [0.1, 0.15) is 30.2 Å². The second-order valence-electron chi connectivity index (χ2n) is 13.7. The maximum Gasteiger partial charge on any atom is 0.407 e. The fraction of sp³-hybridized carbons (Fsp3) is 0.447. The minimum Gasteiger partial charge on any atom is -0.447 e. The summed E-state index contributed by atoms with van der Waals surface area (Å²) in [5, 5.41) is 8.45. The van der Waals surface area contributed by atoms with Crippen LogP contribution in [0.4, 0.5) is 22.8 Å². The van der Waals surface area contributed by atoms with Crippen molar-refractivity contribution in [2.24, 2.45) is 11.8 Å². The number of halogens is 3. The van der Waals surface area contributed by atoms with E-state index < -0.39 is 59.7 Å². The molecule has 6 rings (SSSR count). The average Bonchev–Trinajstić information content (AvgIpc) is 3.86. The third-order valence-corrected chi connectivity index (χ3v) is 9.81. The zero-order valence-corrected chi connectivity index (χ0v) is 29.9. The minimum absolute atomic E-state index is 0.0146. The Morgan fingerprint density at radius 2 is 1.81 bits per heavy atom. The number of imide groups is 1. The molecule has 0 unspecified atom stereocenters. The van der Waals surface area contributed by atoms with E-state index >= 15 is 8.78 Å². The Labute approximate surface area is 310 Å². The molecule has 16 heteroatoms. The van der Waals surface area contributed by atoms with Crippen LogP contribution in [0.3, 0.4) is 0 Å². The van der Waals surface area contributed by atoms with Gasteiger partial charge in [0.2, 0.25) is 0 Å². The van der Waals surface area contributed by atoms with Gasteiger partial charge in [-0.2, -0.15) is 0 Å². The number of hydrogen-bond donors (Lipinski definition) is 3. The molecule has 1 aromatic heterocycles. The molecule has 288 valence electrons. The molecule has 2 saturated heterocycles. The van der Waals surface area contributed by atoms with Crippen LogP contribution in [0, 0.1) is 23.5 Å². The molecule has 4 heterocycles. The summed E-state index contributed by atoms with van der Waals surface area (Å²) in [6, 6.07) is 10.7. The summed E-state index contributed by atoms with van der Waals surface area (Å²) in [6.07, 6.45) is 3.04. The average molecular weight is 752 g/mol. The summed E-state index contributed by atoms with van der Waals surface area (Å²) in [7, 11) is 0. The van der Waals surface area contributed by atoms with Gasteiger partial charge in [-0.1, -0.05) is 30.3 Å². The fourth-order valence-electron chi connectivity index (χ4n) is 7.00. The summed E-state index contributed by atoms with van der Waals surface area (Å²) in [6.45, 7) is 3.01. The molecule has 0 aliphatic carbocycles. The third-order valence-electron chi connectivity index (χ3n) is 9.81. The van der Waals surface area contributed by atoms with Crippen LogP contribution in [0.5, 0.6) is 0 Å². The predicted octanol–water partition coefficient (Wildman–Crippen LogP) is 3.95. The lowest BCUT2D eigenvalue weighted by Gasteiger charge is -2.40. The van der Waals surface area contributed by atoms with E-state index in [0.29, 0.717) is 45.0 Å². The van der Waals surface area contributed by atoms with Crippen LogP contribution >= 0.6 is 0 Å². The molecule has 54 heavy (non-hydrogen) atoms. The number of aromatic nitrogens is 2. The maximum atomic E-state index is 15.3.